The SMILES string of the molecule is CCN(Cc1cc(F)ccc1Cl)CC(C)C#N. The maximum Gasteiger partial charge on any atom is 0.123 e. The second-order valence-corrected chi connectivity index (χ2v) is 4.50. The molecule has 1 atom stereocenters. The summed E-state index contributed by atoms with van der Waals surface area (Å²) in [6.45, 7) is 5.92. The lowest BCUT2D eigenvalue weighted by atomic mass is 10.1. The highest BCUT2D eigenvalue weighted by molar-refractivity contribution is 6.31. The van der Waals surface area contributed by atoms with Crippen LogP contribution in [0.5, 0.6) is 0 Å². The zero-order valence-corrected chi connectivity index (χ0v) is 10.8. The van der Waals surface area contributed by atoms with Crippen LogP contribution in [0.15, 0.2) is 18.2 Å². The third kappa shape index (κ3) is 4.33. The smallest absolute Gasteiger partial charge is 0.123 e. The molecule has 1 aromatic carbocycles. The van der Waals surface area contributed by atoms with Crippen molar-refractivity contribution in [3.63, 3.8) is 0 Å². The fourth-order valence-corrected chi connectivity index (χ4v) is 1.82. The van der Waals surface area contributed by atoms with Crippen LogP contribution in [0.25, 0.3) is 0 Å². The average Bonchev–Trinajstić information content (AvgIpc) is 2.32. The van der Waals surface area contributed by atoms with Gasteiger partial charge in [0.15, 0.2) is 0 Å². The van der Waals surface area contributed by atoms with Gasteiger partial charge in [0, 0.05) is 18.1 Å². The summed E-state index contributed by atoms with van der Waals surface area (Å²) < 4.78 is 13.1. The van der Waals surface area contributed by atoms with Crippen molar-refractivity contribution in [2.75, 3.05) is 13.1 Å². The van der Waals surface area contributed by atoms with E-state index in [4.69, 9.17) is 16.9 Å². The molecule has 0 radical (unpaired) electrons. The maximum atomic E-state index is 13.1. The second kappa shape index (κ2) is 6.58. The number of halogens is 2. The van der Waals surface area contributed by atoms with Crippen molar-refractivity contribution in [2.45, 2.75) is 20.4 Å². The molecule has 92 valence electrons. The van der Waals surface area contributed by atoms with Gasteiger partial charge in [0.2, 0.25) is 0 Å². The molecule has 0 saturated carbocycles. The summed E-state index contributed by atoms with van der Waals surface area (Å²) in [7, 11) is 0. The van der Waals surface area contributed by atoms with Crippen molar-refractivity contribution in [3.05, 3.63) is 34.6 Å². The Labute approximate surface area is 107 Å². The van der Waals surface area contributed by atoms with Gasteiger partial charge in [-0.25, -0.2) is 4.39 Å². The standard InChI is InChI=1S/C13H16ClFN2/c1-3-17(8-10(2)7-16)9-11-6-12(15)4-5-13(11)14/h4-6,10H,3,8-9H2,1-2H3. The molecule has 1 unspecified atom stereocenters. The summed E-state index contributed by atoms with van der Waals surface area (Å²) in [4.78, 5) is 2.08. The molecule has 0 aliphatic rings. The number of nitrogens with zero attached hydrogens (tertiary/aromatic N) is 2. The first-order chi connectivity index (χ1) is 8.06. The fourth-order valence-electron chi connectivity index (χ4n) is 1.64. The molecule has 0 aromatic heterocycles. The molecule has 0 N–H and O–H groups in total. The molecule has 0 spiro atoms. The minimum Gasteiger partial charge on any atom is -0.298 e. The first-order valence-corrected chi connectivity index (χ1v) is 6.00. The van der Waals surface area contributed by atoms with Crippen LogP contribution in [-0.2, 0) is 6.54 Å². The molecular formula is C13H16ClFN2. The Hall–Kier alpha value is -1.11. The highest BCUT2D eigenvalue weighted by Gasteiger charge is 2.11. The number of hydrogen-bond acceptors (Lipinski definition) is 2. The lowest BCUT2D eigenvalue weighted by Gasteiger charge is -2.22. The monoisotopic (exact) mass is 254 g/mol. The van der Waals surface area contributed by atoms with Crippen LogP contribution < -0.4 is 0 Å². The minimum absolute atomic E-state index is 0.0396. The van der Waals surface area contributed by atoms with Crippen molar-refractivity contribution in [2.24, 2.45) is 5.92 Å². The van der Waals surface area contributed by atoms with Crippen molar-refractivity contribution in [1.29, 1.82) is 5.26 Å². The molecule has 0 fully saturated rings. The van der Waals surface area contributed by atoms with Crippen LogP contribution in [-0.4, -0.2) is 18.0 Å². The fraction of sp³-hybridized carbons (Fsp3) is 0.462. The molecule has 2 nitrogen and oxygen atoms in total. The summed E-state index contributed by atoms with van der Waals surface area (Å²) in [5.41, 5.74) is 0.763. The number of rotatable bonds is 5. The van der Waals surface area contributed by atoms with Crippen molar-refractivity contribution in [1.82, 2.24) is 4.90 Å². The first-order valence-electron chi connectivity index (χ1n) is 5.62. The minimum atomic E-state index is -0.284. The van der Waals surface area contributed by atoms with E-state index in [2.05, 4.69) is 11.0 Å². The molecule has 0 aliphatic heterocycles. The van der Waals surface area contributed by atoms with Gasteiger partial charge in [-0.3, -0.25) is 4.90 Å². The Bertz CT molecular complexity index is 414. The van der Waals surface area contributed by atoms with E-state index in [0.29, 0.717) is 18.1 Å². The predicted octanol–water partition coefficient (Wildman–Crippen LogP) is 3.46. The van der Waals surface area contributed by atoms with Crippen LogP contribution in [0, 0.1) is 23.1 Å². The first kappa shape index (κ1) is 14.0. The van der Waals surface area contributed by atoms with Gasteiger partial charge in [0.05, 0.1) is 12.0 Å². The van der Waals surface area contributed by atoms with Crippen LogP contribution in [0.1, 0.15) is 19.4 Å². The number of hydrogen-bond donors (Lipinski definition) is 0. The van der Waals surface area contributed by atoms with E-state index < -0.39 is 0 Å². The maximum absolute atomic E-state index is 13.1. The molecule has 0 saturated heterocycles. The topological polar surface area (TPSA) is 27.0 Å². The van der Waals surface area contributed by atoms with Crippen LogP contribution in [0.3, 0.4) is 0 Å². The lowest BCUT2D eigenvalue weighted by Crippen LogP contribution is -2.27. The third-order valence-corrected chi connectivity index (χ3v) is 2.97. The van der Waals surface area contributed by atoms with Gasteiger partial charge in [0.25, 0.3) is 0 Å². The third-order valence-electron chi connectivity index (χ3n) is 2.60. The Kier molecular flexibility index (Phi) is 5.40. The summed E-state index contributed by atoms with van der Waals surface area (Å²) in [6, 6.07) is 6.55. The Morgan fingerprint density at radius 2 is 2.24 bits per heavy atom. The van der Waals surface area contributed by atoms with E-state index in [1.807, 2.05) is 13.8 Å². The summed E-state index contributed by atoms with van der Waals surface area (Å²) in [5.74, 6) is -0.323. The van der Waals surface area contributed by atoms with Crippen LogP contribution in [0.4, 0.5) is 4.39 Å². The molecule has 0 heterocycles. The number of benzene rings is 1. The highest BCUT2D eigenvalue weighted by Crippen LogP contribution is 2.19. The zero-order valence-electron chi connectivity index (χ0n) is 10.1. The molecule has 1 aromatic rings. The quantitative estimate of drug-likeness (QED) is 0.805. The van der Waals surface area contributed by atoms with Gasteiger partial charge < -0.3 is 0 Å². The van der Waals surface area contributed by atoms with Gasteiger partial charge in [-0.2, -0.15) is 5.26 Å². The molecule has 0 amide bonds. The Balaban J connectivity index is 2.74. The average molecular weight is 255 g/mol. The van der Waals surface area contributed by atoms with E-state index in [1.54, 1.807) is 6.07 Å². The van der Waals surface area contributed by atoms with E-state index in [9.17, 15) is 4.39 Å². The van der Waals surface area contributed by atoms with Gasteiger partial charge in [-0.15, -0.1) is 0 Å². The lowest BCUT2D eigenvalue weighted by molar-refractivity contribution is 0.260. The molecule has 1 rings (SSSR count). The molecule has 4 heteroatoms. The molecular weight excluding hydrogens is 239 g/mol. The van der Waals surface area contributed by atoms with Gasteiger partial charge >= 0.3 is 0 Å². The van der Waals surface area contributed by atoms with Gasteiger partial charge in [0.1, 0.15) is 5.82 Å². The Morgan fingerprint density at radius 1 is 1.53 bits per heavy atom. The Morgan fingerprint density at radius 3 is 2.82 bits per heavy atom. The molecule has 0 aliphatic carbocycles. The van der Waals surface area contributed by atoms with Crippen molar-refractivity contribution >= 4 is 11.6 Å². The van der Waals surface area contributed by atoms with E-state index in [0.717, 1.165) is 12.1 Å². The summed E-state index contributed by atoms with van der Waals surface area (Å²) >= 11 is 6.01. The second-order valence-electron chi connectivity index (χ2n) is 4.09. The van der Waals surface area contributed by atoms with Crippen molar-refractivity contribution in [3.8, 4) is 6.07 Å². The predicted molar refractivity (Wildman–Crippen MR) is 67.1 cm³/mol. The van der Waals surface area contributed by atoms with Crippen LogP contribution in [0.2, 0.25) is 5.02 Å². The molecule has 17 heavy (non-hydrogen) atoms. The summed E-state index contributed by atoms with van der Waals surface area (Å²) in [5, 5.41) is 9.35. The highest BCUT2D eigenvalue weighted by atomic mass is 35.5. The molecule has 0 bridgehead atoms. The van der Waals surface area contributed by atoms with Crippen LogP contribution >= 0.6 is 11.6 Å². The van der Waals surface area contributed by atoms with E-state index in [1.165, 1.54) is 12.1 Å². The van der Waals surface area contributed by atoms with Crippen molar-refractivity contribution < 1.29 is 4.39 Å². The largest absolute Gasteiger partial charge is 0.298 e. The number of nitriles is 1. The van der Waals surface area contributed by atoms with Gasteiger partial charge in [-0.05, 0) is 37.2 Å². The van der Waals surface area contributed by atoms with E-state index in [-0.39, 0.29) is 11.7 Å². The summed E-state index contributed by atoms with van der Waals surface area (Å²) in [6.07, 6.45) is 0. The normalized spacial score (nSPS) is 12.5. The zero-order chi connectivity index (χ0) is 12.8. The van der Waals surface area contributed by atoms with Gasteiger partial charge in [-0.1, -0.05) is 18.5 Å². The van der Waals surface area contributed by atoms with E-state index >= 15 is 0 Å².